The number of allylic oxidation sites excluding steroid dienone is 1. The van der Waals surface area contributed by atoms with E-state index in [1.54, 1.807) is 6.21 Å². The minimum Gasteiger partial charge on any atom is -0.471 e. The molecule has 0 fully saturated rings. The van der Waals surface area contributed by atoms with Crippen molar-refractivity contribution in [2.75, 3.05) is 6.73 Å². The third-order valence-electron chi connectivity index (χ3n) is 1.68. The molecule has 0 bridgehead atoms. The van der Waals surface area contributed by atoms with Gasteiger partial charge in [-0.15, -0.1) is 0 Å². The maximum Gasteiger partial charge on any atom is 0.179 e. The summed E-state index contributed by atoms with van der Waals surface area (Å²) in [4.78, 5) is 3.93. The molecule has 0 amide bonds. The van der Waals surface area contributed by atoms with E-state index in [2.05, 4.69) is 4.99 Å². The zero-order valence-electron chi connectivity index (χ0n) is 6.60. The van der Waals surface area contributed by atoms with Gasteiger partial charge in [0, 0.05) is 11.8 Å². The minimum atomic E-state index is 0.431. The highest BCUT2D eigenvalue weighted by molar-refractivity contribution is 5.83. The van der Waals surface area contributed by atoms with Gasteiger partial charge in [-0.3, -0.25) is 4.99 Å². The van der Waals surface area contributed by atoms with Gasteiger partial charge < -0.3 is 4.74 Å². The molecule has 0 N–H and O–H groups in total. The average Bonchev–Trinajstić information content (AvgIpc) is 2.21. The highest BCUT2D eigenvalue weighted by Crippen LogP contribution is 2.16. The summed E-state index contributed by atoms with van der Waals surface area (Å²) in [6.07, 6.45) is 3.64. The molecule has 0 unspecified atom stereocenters. The maximum absolute atomic E-state index is 5.33. The summed E-state index contributed by atoms with van der Waals surface area (Å²) < 4.78 is 5.33. The lowest BCUT2D eigenvalue weighted by Gasteiger charge is -2.10. The summed E-state index contributed by atoms with van der Waals surface area (Å²) in [5, 5.41) is 0. The van der Waals surface area contributed by atoms with Crippen molar-refractivity contribution < 1.29 is 4.74 Å². The molecular formula is C10H9NO. The van der Waals surface area contributed by atoms with Crippen LogP contribution in [0.25, 0.3) is 5.76 Å². The molecule has 1 aliphatic rings. The Balaban J connectivity index is 2.31. The van der Waals surface area contributed by atoms with E-state index in [9.17, 15) is 0 Å². The second kappa shape index (κ2) is 3.22. The van der Waals surface area contributed by atoms with Crippen molar-refractivity contribution in [1.82, 2.24) is 0 Å². The fraction of sp³-hybridized carbons (Fsp3) is 0.100. The molecule has 60 valence electrons. The summed E-state index contributed by atoms with van der Waals surface area (Å²) in [5.41, 5.74) is 1.10. The molecule has 0 spiro atoms. The number of nitrogens with zero attached hydrogens (tertiary/aromatic N) is 1. The third kappa shape index (κ3) is 1.37. The Morgan fingerprint density at radius 3 is 2.67 bits per heavy atom. The van der Waals surface area contributed by atoms with Crippen LogP contribution in [0.15, 0.2) is 41.4 Å². The molecule has 0 radical (unpaired) electrons. The van der Waals surface area contributed by atoms with Gasteiger partial charge in [0.2, 0.25) is 0 Å². The van der Waals surface area contributed by atoms with E-state index in [0.717, 1.165) is 11.3 Å². The SMILES string of the molecule is C1=NCOC(c2ccccc2)=C1. The first kappa shape index (κ1) is 7.10. The van der Waals surface area contributed by atoms with Crippen LogP contribution in [0, 0.1) is 0 Å². The molecule has 0 atom stereocenters. The van der Waals surface area contributed by atoms with Gasteiger partial charge in [0.1, 0.15) is 5.76 Å². The first-order valence-corrected chi connectivity index (χ1v) is 3.85. The molecule has 0 saturated heterocycles. The number of hydrogen-bond acceptors (Lipinski definition) is 2. The van der Waals surface area contributed by atoms with Gasteiger partial charge in [-0.1, -0.05) is 30.3 Å². The van der Waals surface area contributed by atoms with Crippen molar-refractivity contribution in [3.8, 4) is 0 Å². The van der Waals surface area contributed by atoms with Crippen molar-refractivity contribution in [2.45, 2.75) is 0 Å². The second-order valence-corrected chi connectivity index (χ2v) is 2.50. The van der Waals surface area contributed by atoms with Gasteiger partial charge in [-0.25, -0.2) is 0 Å². The average molecular weight is 159 g/mol. The zero-order chi connectivity index (χ0) is 8.23. The predicted octanol–water partition coefficient (Wildman–Crippen LogP) is 2.09. The topological polar surface area (TPSA) is 21.6 Å². The monoisotopic (exact) mass is 159 g/mol. The molecular weight excluding hydrogens is 150 g/mol. The minimum absolute atomic E-state index is 0.431. The molecule has 12 heavy (non-hydrogen) atoms. The largest absolute Gasteiger partial charge is 0.471 e. The molecule has 0 aliphatic carbocycles. The Morgan fingerprint density at radius 2 is 2.00 bits per heavy atom. The number of hydrogen-bond donors (Lipinski definition) is 0. The van der Waals surface area contributed by atoms with Crippen molar-refractivity contribution >= 4 is 12.0 Å². The Bertz CT molecular complexity index is 314. The van der Waals surface area contributed by atoms with Gasteiger partial charge in [-0.05, 0) is 6.08 Å². The Morgan fingerprint density at radius 1 is 1.17 bits per heavy atom. The van der Waals surface area contributed by atoms with Crippen LogP contribution in [-0.2, 0) is 4.74 Å². The molecule has 1 aromatic rings. The number of benzene rings is 1. The molecule has 2 rings (SSSR count). The van der Waals surface area contributed by atoms with Crippen molar-refractivity contribution in [3.63, 3.8) is 0 Å². The molecule has 1 heterocycles. The molecule has 2 heteroatoms. The number of rotatable bonds is 1. The van der Waals surface area contributed by atoms with Gasteiger partial charge in [0.25, 0.3) is 0 Å². The smallest absolute Gasteiger partial charge is 0.179 e. The third-order valence-corrected chi connectivity index (χ3v) is 1.68. The Kier molecular flexibility index (Phi) is 1.90. The standard InChI is InChI=1S/C10H9NO/c1-2-4-9(5-3-1)10-6-7-11-8-12-10/h1-7H,8H2. The van der Waals surface area contributed by atoms with Crippen LogP contribution in [0.5, 0.6) is 0 Å². The van der Waals surface area contributed by atoms with Crippen LogP contribution >= 0.6 is 0 Å². The second-order valence-electron chi connectivity index (χ2n) is 2.50. The van der Waals surface area contributed by atoms with Crippen LogP contribution in [0.3, 0.4) is 0 Å². The van der Waals surface area contributed by atoms with Crippen LogP contribution in [0.2, 0.25) is 0 Å². The summed E-state index contributed by atoms with van der Waals surface area (Å²) in [6, 6.07) is 10.0. The van der Waals surface area contributed by atoms with E-state index in [0.29, 0.717) is 6.73 Å². The molecule has 0 aromatic heterocycles. The molecule has 0 saturated carbocycles. The normalized spacial score (nSPS) is 15.2. The van der Waals surface area contributed by atoms with E-state index >= 15 is 0 Å². The van der Waals surface area contributed by atoms with Crippen LogP contribution in [-0.4, -0.2) is 12.9 Å². The van der Waals surface area contributed by atoms with Crippen molar-refractivity contribution in [1.29, 1.82) is 0 Å². The van der Waals surface area contributed by atoms with Crippen molar-refractivity contribution in [3.05, 3.63) is 42.0 Å². The van der Waals surface area contributed by atoms with Gasteiger partial charge in [0.05, 0.1) is 0 Å². The first-order valence-electron chi connectivity index (χ1n) is 3.85. The molecule has 1 aliphatic heterocycles. The first-order chi connectivity index (χ1) is 5.97. The summed E-state index contributed by atoms with van der Waals surface area (Å²) in [5.74, 6) is 0.894. The van der Waals surface area contributed by atoms with Crippen LogP contribution in [0.1, 0.15) is 5.56 Å². The quantitative estimate of drug-likeness (QED) is 0.614. The van der Waals surface area contributed by atoms with Crippen LogP contribution < -0.4 is 0 Å². The molecule has 2 nitrogen and oxygen atoms in total. The van der Waals surface area contributed by atoms with Crippen molar-refractivity contribution in [2.24, 2.45) is 4.99 Å². The molecule has 1 aromatic carbocycles. The Hall–Kier alpha value is -1.57. The lowest BCUT2D eigenvalue weighted by molar-refractivity contribution is 0.287. The van der Waals surface area contributed by atoms with Gasteiger partial charge in [-0.2, -0.15) is 0 Å². The van der Waals surface area contributed by atoms with E-state index in [1.807, 2.05) is 36.4 Å². The highest BCUT2D eigenvalue weighted by atomic mass is 16.5. The predicted molar refractivity (Wildman–Crippen MR) is 48.9 cm³/mol. The van der Waals surface area contributed by atoms with Gasteiger partial charge >= 0.3 is 0 Å². The summed E-state index contributed by atoms with van der Waals surface area (Å²) >= 11 is 0. The lowest BCUT2D eigenvalue weighted by atomic mass is 10.2. The number of aliphatic imine (C=N–C) groups is 1. The maximum atomic E-state index is 5.33. The highest BCUT2D eigenvalue weighted by Gasteiger charge is 2.02. The van der Waals surface area contributed by atoms with E-state index in [4.69, 9.17) is 4.74 Å². The fourth-order valence-electron chi connectivity index (χ4n) is 1.10. The van der Waals surface area contributed by atoms with Gasteiger partial charge in [0.15, 0.2) is 6.73 Å². The van der Waals surface area contributed by atoms with E-state index in [1.165, 1.54) is 0 Å². The summed E-state index contributed by atoms with van der Waals surface area (Å²) in [6.45, 7) is 0.431. The number of ether oxygens (including phenoxy) is 1. The van der Waals surface area contributed by atoms with Crippen LogP contribution in [0.4, 0.5) is 0 Å². The van der Waals surface area contributed by atoms with E-state index in [-0.39, 0.29) is 0 Å². The van der Waals surface area contributed by atoms with E-state index < -0.39 is 0 Å². The lowest BCUT2D eigenvalue weighted by Crippen LogP contribution is -1.97. The zero-order valence-corrected chi connectivity index (χ0v) is 6.60. The summed E-state index contributed by atoms with van der Waals surface area (Å²) in [7, 11) is 0. The Labute approximate surface area is 71.2 Å². The fourth-order valence-corrected chi connectivity index (χ4v) is 1.10.